The topological polar surface area (TPSA) is 111 Å². The zero-order valence-corrected chi connectivity index (χ0v) is 17.2. The van der Waals surface area contributed by atoms with Crippen LogP contribution >= 0.6 is 0 Å². The molecule has 3 aromatic rings. The first-order valence-electron chi connectivity index (χ1n) is 9.46. The van der Waals surface area contributed by atoms with Gasteiger partial charge in [-0.2, -0.15) is 9.40 Å². The van der Waals surface area contributed by atoms with Crippen LogP contribution in [0.1, 0.15) is 40.4 Å². The van der Waals surface area contributed by atoms with Crippen molar-refractivity contribution in [1.82, 2.24) is 19.1 Å². The van der Waals surface area contributed by atoms with Crippen molar-refractivity contribution in [3.8, 4) is 0 Å². The van der Waals surface area contributed by atoms with Gasteiger partial charge >= 0.3 is 0 Å². The number of amides is 1. The van der Waals surface area contributed by atoms with E-state index >= 15 is 0 Å². The van der Waals surface area contributed by atoms with Gasteiger partial charge in [-0.3, -0.25) is 14.5 Å². The smallest absolute Gasteiger partial charge is 0.252 e. The van der Waals surface area contributed by atoms with Crippen LogP contribution in [0.5, 0.6) is 0 Å². The first-order chi connectivity index (χ1) is 13.8. The van der Waals surface area contributed by atoms with Gasteiger partial charge < -0.3 is 5.73 Å². The van der Waals surface area contributed by atoms with E-state index in [9.17, 15) is 13.2 Å². The zero-order chi connectivity index (χ0) is 20.8. The molecule has 29 heavy (non-hydrogen) atoms. The third-order valence-corrected chi connectivity index (χ3v) is 7.22. The van der Waals surface area contributed by atoms with Crippen LogP contribution in [0.15, 0.2) is 41.6 Å². The van der Waals surface area contributed by atoms with Gasteiger partial charge in [-0.25, -0.2) is 8.42 Å². The fourth-order valence-corrected chi connectivity index (χ4v) is 5.66. The van der Waals surface area contributed by atoms with E-state index in [1.807, 2.05) is 19.1 Å². The minimum Gasteiger partial charge on any atom is -0.365 e. The molecule has 152 valence electrons. The lowest BCUT2D eigenvalue weighted by Crippen LogP contribution is -2.39. The number of pyridine rings is 1. The maximum Gasteiger partial charge on any atom is 0.252 e. The van der Waals surface area contributed by atoms with Crippen LogP contribution in [0.25, 0.3) is 10.9 Å². The lowest BCUT2D eigenvalue weighted by Gasteiger charge is -2.31. The zero-order valence-electron chi connectivity index (χ0n) is 16.4. The number of hydrogen-bond acceptors (Lipinski definition) is 5. The highest BCUT2D eigenvalue weighted by Gasteiger charge is 2.34. The summed E-state index contributed by atoms with van der Waals surface area (Å²) in [7, 11) is -2.03. The highest BCUT2D eigenvalue weighted by Crippen LogP contribution is 2.32. The second kappa shape index (κ2) is 7.23. The average Bonchev–Trinajstić information content (AvgIpc) is 3.09. The molecule has 4 rings (SSSR count). The number of rotatable bonds is 4. The van der Waals surface area contributed by atoms with Crippen molar-refractivity contribution in [2.45, 2.75) is 30.6 Å². The molecule has 1 atom stereocenters. The van der Waals surface area contributed by atoms with Gasteiger partial charge in [0.2, 0.25) is 10.0 Å². The molecule has 1 aliphatic rings. The molecule has 1 aromatic carbocycles. The summed E-state index contributed by atoms with van der Waals surface area (Å²) in [6.07, 6.45) is 4.68. The van der Waals surface area contributed by atoms with Crippen LogP contribution in [-0.2, 0) is 17.1 Å². The van der Waals surface area contributed by atoms with Gasteiger partial charge in [0.25, 0.3) is 5.91 Å². The summed E-state index contributed by atoms with van der Waals surface area (Å²) >= 11 is 0. The Hall–Kier alpha value is -2.78. The third kappa shape index (κ3) is 3.51. The van der Waals surface area contributed by atoms with Crippen LogP contribution in [0.2, 0.25) is 0 Å². The average molecular weight is 414 g/mol. The summed E-state index contributed by atoms with van der Waals surface area (Å²) < 4.78 is 29.9. The number of hydrogen-bond donors (Lipinski definition) is 1. The van der Waals surface area contributed by atoms with Crippen LogP contribution in [0.3, 0.4) is 0 Å². The summed E-state index contributed by atoms with van der Waals surface area (Å²) in [6, 6.07) is 7.12. The monoisotopic (exact) mass is 413 g/mol. The summed E-state index contributed by atoms with van der Waals surface area (Å²) in [5.74, 6) is -0.742. The lowest BCUT2D eigenvalue weighted by atomic mass is 9.93. The first kappa shape index (κ1) is 19.5. The van der Waals surface area contributed by atoms with Crippen molar-refractivity contribution in [3.63, 3.8) is 0 Å². The number of fused-ring (bicyclic) bond motifs is 1. The number of carbonyl (C=O) groups excluding carboxylic acids is 1. The summed E-state index contributed by atoms with van der Waals surface area (Å²) in [5.41, 5.74) is 7.84. The third-order valence-electron chi connectivity index (χ3n) is 5.32. The van der Waals surface area contributed by atoms with Crippen molar-refractivity contribution >= 4 is 26.8 Å². The molecule has 1 saturated heterocycles. The quantitative estimate of drug-likeness (QED) is 0.703. The van der Waals surface area contributed by atoms with Gasteiger partial charge in [0.15, 0.2) is 0 Å². The van der Waals surface area contributed by atoms with Gasteiger partial charge in [0, 0.05) is 43.8 Å². The highest BCUT2D eigenvalue weighted by atomic mass is 32.2. The largest absolute Gasteiger partial charge is 0.365 e. The van der Waals surface area contributed by atoms with E-state index in [2.05, 4.69) is 10.1 Å². The molecule has 0 aliphatic carbocycles. The van der Waals surface area contributed by atoms with Gasteiger partial charge in [0.05, 0.1) is 16.8 Å². The van der Waals surface area contributed by atoms with E-state index in [-0.39, 0.29) is 17.4 Å². The fraction of sp³-hybridized carbons (Fsp3) is 0.350. The summed E-state index contributed by atoms with van der Waals surface area (Å²) in [6.45, 7) is 2.59. The Morgan fingerprint density at radius 2 is 2.10 bits per heavy atom. The van der Waals surface area contributed by atoms with Crippen molar-refractivity contribution in [3.05, 3.63) is 53.5 Å². The van der Waals surface area contributed by atoms with Gasteiger partial charge in [0.1, 0.15) is 4.90 Å². The predicted molar refractivity (Wildman–Crippen MR) is 109 cm³/mol. The van der Waals surface area contributed by atoms with Crippen LogP contribution < -0.4 is 5.73 Å². The molecule has 3 heterocycles. The van der Waals surface area contributed by atoms with Crippen molar-refractivity contribution in [2.75, 3.05) is 13.1 Å². The number of carbonyl (C=O) groups is 1. The number of piperidine rings is 1. The molecule has 0 spiro atoms. The minimum absolute atomic E-state index is 0.188. The highest BCUT2D eigenvalue weighted by molar-refractivity contribution is 7.89. The van der Waals surface area contributed by atoms with Gasteiger partial charge in [-0.1, -0.05) is 12.1 Å². The molecule has 0 radical (unpaired) electrons. The Bertz CT molecular complexity index is 1200. The summed E-state index contributed by atoms with van der Waals surface area (Å²) in [4.78, 5) is 16.4. The van der Waals surface area contributed by atoms with E-state index in [1.54, 1.807) is 36.3 Å². The van der Waals surface area contributed by atoms with E-state index in [4.69, 9.17) is 5.73 Å². The molecule has 1 aliphatic heterocycles. The maximum absolute atomic E-state index is 13.5. The molecule has 0 saturated carbocycles. The SMILES string of the molecule is Cc1cnc2c(S(=O)(=O)N3CCC[C@@H](c4nn(C)cc4C(N)=O)C3)cccc2c1. The van der Waals surface area contributed by atoms with Crippen LogP contribution in [0, 0.1) is 6.92 Å². The van der Waals surface area contributed by atoms with Crippen molar-refractivity contribution in [1.29, 1.82) is 0 Å². The van der Waals surface area contributed by atoms with Crippen molar-refractivity contribution in [2.24, 2.45) is 12.8 Å². The number of sulfonamides is 1. The number of para-hydroxylation sites is 1. The molecule has 1 fully saturated rings. The Morgan fingerprint density at radius 1 is 1.31 bits per heavy atom. The maximum atomic E-state index is 13.5. The molecular weight excluding hydrogens is 390 g/mol. The van der Waals surface area contributed by atoms with Crippen molar-refractivity contribution < 1.29 is 13.2 Å². The number of benzene rings is 1. The number of aromatic nitrogens is 3. The molecule has 0 unspecified atom stereocenters. The Labute approximate surface area is 169 Å². The molecular formula is C20H23N5O3S. The second-order valence-electron chi connectivity index (χ2n) is 7.51. The molecule has 0 bridgehead atoms. The molecule has 8 nitrogen and oxygen atoms in total. The van der Waals surface area contributed by atoms with Gasteiger partial charge in [-0.15, -0.1) is 0 Å². The van der Waals surface area contributed by atoms with Crippen LogP contribution in [0.4, 0.5) is 0 Å². The Kier molecular flexibility index (Phi) is 4.87. The fourth-order valence-electron chi connectivity index (χ4n) is 3.97. The van der Waals surface area contributed by atoms with E-state index in [0.717, 1.165) is 17.4 Å². The molecule has 2 N–H and O–H groups in total. The molecule has 2 aromatic heterocycles. The number of nitrogens with zero attached hydrogens (tertiary/aromatic N) is 4. The predicted octanol–water partition coefficient (Wildman–Crippen LogP) is 1.94. The number of primary amides is 1. The lowest BCUT2D eigenvalue weighted by molar-refractivity contribution is 0.0998. The minimum atomic E-state index is -3.75. The Morgan fingerprint density at radius 3 is 2.86 bits per heavy atom. The van der Waals surface area contributed by atoms with Gasteiger partial charge in [-0.05, 0) is 37.5 Å². The molecule has 1 amide bonds. The standard InChI is InChI=1S/C20H23N5O3S/c1-13-9-14-5-3-7-17(19(14)22-10-13)29(27,28)25-8-4-6-15(11-25)18-16(20(21)26)12-24(2)23-18/h3,5,7,9-10,12,15H,4,6,8,11H2,1-2H3,(H2,21,26)/t15-/m1/s1. The normalized spacial score (nSPS) is 18.2. The molecule has 9 heteroatoms. The number of nitrogens with two attached hydrogens (primary N) is 1. The number of aryl methyl sites for hydroxylation is 2. The van der Waals surface area contributed by atoms with E-state index in [1.165, 1.54) is 4.31 Å². The summed E-state index contributed by atoms with van der Waals surface area (Å²) in [5, 5.41) is 5.18. The van der Waals surface area contributed by atoms with E-state index in [0.29, 0.717) is 29.7 Å². The Balaban J connectivity index is 1.71. The van der Waals surface area contributed by atoms with Crippen LogP contribution in [-0.4, -0.2) is 46.5 Å². The first-order valence-corrected chi connectivity index (χ1v) is 10.9. The van der Waals surface area contributed by atoms with E-state index < -0.39 is 15.9 Å². The second-order valence-corrected chi connectivity index (χ2v) is 9.42.